The Morgan fingerprint density at radius 3 is 2.74 bits per heavy atom. The second-order valence-electron chi connectivity index (χ2n) is 8.28. The molecule has 5 heteroatoms. The number of alkyl halides is 1. The molecule has 152 valence electrons. The summed E-state index contributed by atoms with van der Waals surface area (Å²) >= 11 is 0. The second kappa shape index (κ2) is 9.24. The van der Waals surface area contributed by atoms with Gasteiger partial charge in [-0.2, -0.15) is 0 Å². The molecule has 3 rings (SSSR count). The molecule has 27 heavy (non-hydrogen) atoms. The van der Waals surface area contributed by atoms with Gasteiger partial charge in [0.2, 0.25) is 0 Å². The molecular formula is C22H34FNO3. The summed E-state index contributed by atoms with van der Waals surface area (Å²) in [6.07, 6.45) is 2.96. The lowest BCUT2D eigenvalue weighted by Crippen LogP contribution is -2.48. The van der Waals surface area contributed by atoms with Crippen LogP contribution >= 0.6 is 0 Å². The van der Waals surface area contributed by atoms with Crippen LogP contribution in [0.3, 0.4) is 0 Å². The molecule has 2 heterocycles. The van der Waals surface area contributed by atoms with Crippen molar-refractivity contribution >= 4 is 0 Å². The van der Waals surface area contributed by atoms with Crippen molar-refractivity contribution in [1.29, 1.82) is 0 Å². The monoisotopic (exact) mass is 379 g/mol. The van der Waals surface area contributed by atoms with Crippen molar-refractivity contribution in [2.24, 2.45) is 11.8 Å². The summed E-state index contributed by atoms with van der Waals surface area (Å²) in [5, 5.41) is 10.7. The third-order valence-corrected chi connectivity index (χ3v) is 5.76. The van der Waals surface area contributed by atoms with Crippen LogP contribution in [0, 0.1) is 11.8 Å². The summed E-state index contributed by atoms with van der Waals surface area (Å²) in [6, 6.07) is 4.41. The average molecular weight is 380 g/mol. The standard InChI is InChI=1S/C22H34FNO3/c1-4-26-22-12-18-16(11-21(22)27-9-5-7-23)6-8-24-14-17(10-15(2)3)20(25)13-19(18)24/h11-12,15,17,19-20,25H,4-10,13-14H2,1-3H3. The van der Waals surface area contributed by atoms with E-state index in [4.69, 9.17) is 9.47 Å². The lowest BCUT2D eigenvalue weighted by Gasteiger charge is -2.46. The molecule has 0 aromatic heterocycles. The van der Waals surface area contributed by atoms with Crippen molar-refractivity contribution in [1.82, 2.24) is 4.90 Å². The van der Waals surface area contributed by atoms with E-state index < -0.39 is 0 Å². The van der Waals surface area contributed by atoms with E-state index in [1.807, 2.05) is 6.92 Å². The zero-order valence-corrected chi connectivity index (χ0v) is 16.9. The summed E-state index contributed by atoms with van der Waals surface area (Å²) < 4.78 is 24.0. The first-order valence-electron chi connectivity index (χ1n) is 10.4. The maximum absolute atomic E-state index is 12.4. The van der Waals surface area contributed by atoms with Crippen LogP contribution in [0.15, 0.2) is 12.1 Å². The molecule has 2 aliphatic rings. The fraction of sp³-hybridized carbons (Fsp3) is 0.727. The van der Waals surface area contributed by atoms with Gasteiger partial charge in [-0.15, -0.1) is 0 Å². The van der Waals surface area contributed by atoms with Gasteiger partial charge >= 0.3 is 0 Å². The summed E-state index contributed by atoms with van der Waals surface area (Å²) in [5.41, 5.74) is 2.52. The molecule has 2 aliphatic heterocycles. The van der Waals surface area contributed by atoms with E-state index in [1.54, 1.807) is 0 Å². The van der Waals surface area contributed by atoms with Crippen LogP contribution < -0.4 is 9.47 Å². The van der Waals surface area contributed by atoms with Crippen molar-refractivity contribution < 1.29 is 19.0 Å². The Kier molecular flexibility index (Phi) is 6.99. The molecule has 0 radical (unpaired) electrons. The molecule has 3 atom stereocenters. The molecule has 0 aliphatic carbocycles. The first kappa shape index (κ1) is 20.4. The van der Waals surface area contributed by atoms with Gasteiger partial charge in [-0.05, 0) is 61.3 Å². The van der Waals surface area contributed by atoms with Gasteiger partial charge in [-0.3, -0.25) is 9.29 Å². The van der Waals surface area contributed by atoms with Crippen LogP contribution in [0.5, 0.6) is 11.5 Å². The van der Waals surface area contributed by atoms with Crippen molar-refractivity contribution in [3.8, 4) is 11.5 Å². The molecule has 1 N–H and O–H groups in total. The van der Waals surface area contributed by atoms with E-state index >= 15 is 0 Å². The highest BCUT2D eigenvalue weighted by molar-refractivity contribution is 5.49. The molecule has 3 unspecified atom stereocenters. The fourth-order valence-electron chi connectivity index (χ4n) is 4.55. The van der Waals surface area contributed by atoms with Crippen LogP contribution in [0.25, 0.3) is 0 Å². The van der Waals surface area contributed by atoms with Crippen LogP contribution in [0.4, 0.5) is 4.39 Å². The quantitative estimate of drug-likeness (QED) is 0.689. The number of piperidine rings is 1. The molecule has 0 spiro atoms. The second-order valence-corrected chi connectivity index (χ2v) is 8.28. The van der Waals surface area contributed by atoms with Crippen molar-refractivity contribution in [2.75, 3.05) is 33.0 Å². The highest BCUT2D eigenvalue weighted by atomic mass is 19.1. The molecule has 1 saturated heterocycles. The predicted octanol–water partition coefficient (Wildman–Crippen LogP) is 4.15. The topological polar surface area (TPSA) is 41.9 Å². The molecular weight excluding hydrogens is 345 g/mol. The zero-order valence-electron chi connectivity index (χ0n) is 16.9. The van der Waals surface area contributed by atoms with Crippen molar-refractivity contribution in [3.05, 3.63) is 23.3 Å². The van der Waals surface area contributed by atoms with Gasteiger partial charge in [-0.1, -0.05) is 13.8 Å². The van der Waals surface area contributed by atoms with Crippen molar-refractivity contribution in [2.45, 2.75) is 58.6 Å². The zero-order chi connectivity index (χ0) is 19.4. The van der Waals surface area contributed by atoms with E-state index in [9.17, 15) is 9.50 Å². The Labute approximate surface area is 162 Å². The van der Waals surface area contributed by atoms with E-state index in [0.717, 1.165) is 38.1 Å². The first-order chi connectivity index (χ1) is 13.0. The van der Waals surface area contributed by atoms with Crippen LogP contribution in [0.2, 0.25) is 0 Å². The molecule has 4 nitrogen and oxygen atoms in total. The Morgan fingerprint density at radius 2 is 2.04 bits per heavy atom. The van der Waals surface area contributed by atoms with Gasteiger partial charge in [0.1, 0.15) is 0 Å². The molecule has 1 aromatic rings. The number of benzene rings is 1. The fourth-order valence-corrected chi connectivity index (χ4v) is 4.55. The van der Waals surface area contributed by atoms with E-state index in [-0.39, 0.29) is 18.8 Å². The molecule has 1 aromatic carbocycles. The Balaban J connectivity index is 1.82. The van der Waals surface area contributed by atoms with Crippen LogP contribution in [-0.2, 0) is 6.42 Å². The third-order valence-electron chi connectivity index (χ3n) is 5.76. The molecule has 0 bridgehead atoms. The normalized spacial score (nSPS) is 25.2. The number of hydrogen-bond donors (Lipinski definition) is 1. The number of nitrogens with zero attached hydrogens (tertiary/aromatic N) is 1. The number of hydrogen-bond acceptors (Lipinski definition) is 4. The highest BCUT2D eigenvalue weighted by Gasteiger charge is 2.38. The number of halogens is 1. The first-order valence-corrected chi connectivity index (χ1v) is 10.4. The number of rotatable bonds is 8. The van der Waals surface area contributed by atoms with Crippen LogP contribution in [-0.4, -0.2) is 49.1 Å². The van der Waals surface area contributed by atoms with Gasteiger partial charge < -0.3 is 14.6 Å². The van der Waals surface area contributed by atoms with Gasteiger partial charge in [0.05, 0.1) is 26.0 Å². The number of aliphatic hydroxyl groups excluding tert-OH is 1. The largest absolute Gasteiger partial charge is 0.490 e. The SMILES string of the molecule is CCOc1cc2c(cc1OCCCF)CCN1CC(CC(C)C)C(O)CC21. The Bertz CT molecular complexity index is 622. The number of aliphatic hydroxyl groups is 1. The predicted molar refractivity (Wildman–Crippen MR) is 105 cm³/mol. The van der Waals surface area contributed by atoms with Gasteiger partial charge in [0.25, 0.3) is 0 Å². The van der Waals surface area contributed by atoms with Crippen LogP contribution in [0.1, 0.15) is 57.2 Å². The maximum atomic E-state index is 12.4. The molecule has 0 saturated carbocycles. The molecule has 1 fully saturated rings. The summed E-state index contributed by atoms with van der Waals surface area (Å²) in [4.78, 5) is 2.53. The number of ether oxygens (including phenoxy) is 2. The Morgan fingerprint density at radius 1 is 1.26 bits per heavy atom. The van der Waals surface area contributed by atoms with Gasteiger partial charge in [-0.25, -0.2) is 0 Å². The van der Waals surface area contributed by atoms with Gasteiger partial charge in [0, 0.05) is 25.6 Å². The highest BCUT2D eigenvalue weighted by Crippen LogP contribution is 2.43. The lowest BCUT2D eigenvalue weighted by molar-refractivity contribution is -0.0192. The summed E-state index contributed by atoms with van der Waals surface area (Å²) in [6.45, 7) is 8.93. The summed E-state index contributed by atoms with van der Waals surface area (Å²) in [7, 11) is 0. The minimum absolute atomic E-state index is 0.242. The minimum Gasteiger partial charge on any atom is -0.490 e. The maximum Gasteiger partial charge on any atom is 0.161 e. The third kappa shape index (κ3) is 4.75. The lowest BCUT2D eigenvalue weighted by atomic mass is 9.79. The van der Waals surface area contributed by atoms with Crippen molar-refractivity contribution in [3.63, 3.8) is 0 Å². The smallest absolute Gasteiger partial charge is 0.161 e. The van der Waals surface area contributed by atoms with E-state index in [0.29, 0.717) is 37.2 Å². The van der Waals surface area contributed by atoms with E-state index in [2.05, 4.69) is 30.9 Å². The van der Waals surface area contributed by atoms with E-state index in [1.165, 1.54) is 11.1 Å². The minimum atomic E-state index is -0.374. The number of fused-ring (bicyclic) bond motifs is 3. The average Bonchev–Trinajstić information content (AvgIpc) is 2.63. The Hall–Kier alpha value is -1.33. The molecule has 0 amide bonds. The van der Waals surface area contributed by atoms with Gasteiger partial charge in [0.15, 0.2) is 11.5 Å². The summed E-state index contributed by atoms with van der Waals surface area (Å²) in [5.74, 6) is 2.41.